The number of benzene rings is 2. The maximum Gasteiger partial charge on any atom is 0.229 e. The molecule has 9 N–H and O–H groups in total. The van der Waals surface area contributed by atoms with Gasteiger partial charge in [0.15, 0.2) is 5.43 Å². The average Bonchev–Trinajstić information content (AvgIpc) is 3.00. The Morgan fingerprint density at radius 2 is 1.40 bits per heavy atom. The summed E-state index contributed by atoms with van der Waals surface area (Å²) in [6.07, 6.45) is -17.3. The Labute approximate surface area is 242 Å². The Bertz CT molecular complexity index is 1490. The molecule has 2 aliphatic heterocycles. The second-order valence-electron chi connectivity index (χ2n) is 10.3. The molecule has 2 aromatic carbocycles. The lowest BCUT2D eigenvalue weighted by molar-refractivity contribution is -0.278. The van der Waals surface area contributed by atoms with Crippen molar-refractivity contribution in [1.82, 2.24) is 0 Å². The van der Waals surface area contributed by atoms with Crippen LogP contribution in [-0.4, -0.2) is 121 Å². The van der Waals surface area contributed by atoms with Gasteiger partial charge in [-0.05, 0) is 24.3 Å². The van der Waals surface area contributed by atoms with Crippen LogP contribution in [0.1, 0.15) is 11.7 Å². The first-order valence-corrected chi connectivity index (χ1v) is 13.3. The SMILES string of the molecule is COc1ccc(-c2cc(=O)c3c(O)c([C@@H]4O[C@H](CO)[C@@H](O)[C@H](O)[C@H]4O)c(O[C@@H]4O[C@H](CO)[C@@H](O)[C@H](O)[C@H]4O)cc3o2)cc1. The summed E-state index contributed by atoms with van der Waals surface area (Å²) < 4.78 is 27.9. The first-order chi connectivity index (χ1) is 20.5. The highest BCUT2D eigenvalue weighted by atomic mass is 16.7. The second-order valence-corrected chi connectivity index (χ2v) is 10.3. The molecule has 0 aliphatic carbocycles. The number of rotatable bonds is 7. The van der Waals surface area contributed by atoms with E-state index in [1.807, 2.05) is 0 Å². The molecule has 3 heterocycles. The highest BCUT2D eigenvalue weighted by Gasteiger charge is 2.48. The molecule has 0 saturated carbocycles. The first-order valence-electron chi connectivity index (χ1n) is 13.3. The third-order valence-electron chi connectivity index (χ3n) is 7.64. The van der Waals surface area contributed by atoms with Gasteiger partial charge in [-0.2, -0.15) is 0 Å². The molecular weight excluding hydrogens is 576 g/mol. The van der Waals surface area contributed by atoms with Gasteiger partial charge >= 0.3 is 0 Å². The predicted octanol–water partition coefficient (Wildman–Crippen LogP) is -2.13. The number of aliphatic hydroxyl groups is 8. The van der Waals surface area contributed by atoms with Crippen LogP contribution in [0.3, 0.4) is 0 Å². The summed E-state index contributed by atoms with van der Waals surface area (Å²) in [5, 5.41) is 92.8. The van der Waals surface area contributed by atoms with Crippen LogP contribution < -0.4 is 14.9 Å². The van der Waals surface area contributed by atoms with Gasteiger partial charge in [0.2, 0.25) is 6.29 Å². The van der Waals surface area contributed by atoms with E-state index in [2.05, 4.69) is 0 Å². The third-order valence-corrected chi connectivity index (χ3v) is 7.64. The van der Waals surface area contributed by atoms with E-state index >= 15 is 0 Å². The van der Waals surface area contributed by atoms with Crippen molar-refractivity contribution in [2.75, 3.05) is 20.3 Å². The van der Waals surface area contributed by atoms with Gasteiger partial charge in [0.25, 0.3) is 0 Å². The summed E-state index contributed by atoms with van der Waals surface area (Å²) in [6, 6.07) is 8.73. The van der Waals surface area contributed by atoms with Crippen molar-refractivity contribution >= 4 is 11.0 Å². The largest absolute Gasteiger partial charge is 0.506 e. The number of phenols is 1. The van der Waals surface area contributed by atoms with Gasteiger partial charge in [-0.1, -0.05) is 0 Å². The van der Waals surface area contributed by atoms with Crippen LogP contribution in [0.25, 0.3) is 22.3 Å². The Kier molecular flexibility index (Phi) is 8.92. The lowest BCUT2D eigenvalue weighted by Crippen LogP contribution is -2.60. The van der Waals surface area contributed by atoms with E-state index < -0.39 is 96.9 Å². The van der Waals surface area contributed by atoms with E-state index in [1.54, 1.807) is 24.3 Å². The average molecular weight is 609 g/mol. The number of fused-ring (bicyclic) bond motifs is 1. The normalized spacial score (nSPS) is 33.0. The van der Waals surface area contributed by atoms with Crippen molar-refractivity contribution in [3.63, 3.8) is 0 Å². The van der Waals surface area contributed by atoms with Crippen molar-refractivity contribution in [3.8, 4) is 28.6 Å². The number of methoxy groups -OCH3 is 1. The molecule has 0 amide bonds. The molecule has 15 heteroatoms. The molecule has 10 atom stereocenters. The molecule has 5 rings (SSSR count). The highest BCUT2D eigenvalue weighted by Crippen LogP contribution is 2.46. The van der Waals surface area contributed by atoms with Crippen molar-refractivity contribution in [1.29, 1.82) is 0 Å². The lowest BCUT2D eigenvalue weighted by atomic mass is 9.89. The summed E-state index contributed by atoms with van der Waals surface area (Å²) in [6.45, 7) is -1.57. The highest BCUT2D eigenvalue weighted by molar-refractivity contribution is 5.88. The zero-order chi connectivity index (χ0) is 31.2. The topological polar surface area (TPSA) is 249 Å². The number of ether oxygens (including phenoxy) is 4. The molecule has 2 aliphatic rings. The maximum atomic E-state index is 13.3. The molecule has 43 heavy (non-hydrogen) atoms. The van der Waals surface area contributed by atoms with Crippen molar-refractivity contribution in [2.45, 2.75) is 61.2 Å². The molecule has 1 aromatic heterocycles. The van der Waals surface area contributed by atoms with Crippen LogP contribution in [-0.2, 0) is 9.47 Å². The maximum absolute atomic E-state index is 13.3. The van der Waals surface area contributed by atoms with E-state index in [9.17, 15) is 50.8 Å². The fourth-order valence-electron chi connectivity index (χ4n) is 5.19. The van der Waals surface area contributed by atoms with Gasteiger partial charge in [0.05, 0.1) is 25.9 Å². The molecule has 0 unspecified atom stereocenters. The number of aliphatic hydroxyl groups excluding tert-OH is 8. The fourth-order valence-corrected chi connectivity index (χ4v) is 5.19. The molecule has 2 saturated heterocycles. The molecule has 3 aromatic rings. The quantitative estimate of drug-likeness (QED) is 0.139. The molecule has 15 nitrogen and oxygen atoms in total. The van der Waals surface area contributed by atoms with Crippen molar-refractivity contribution < 1.29 is 69.3 Å². The van der Waals surface area contributed by atoms with E-state index in [0.29, 0.717) is 11.3 Å². The Balaban J connectivity index is 1.68. The summed E-state index contributed by atoms with van der Waals surface area (Å²) >= 11 is 0. The zero-order valence-corrected chi connectivity index (χ0v) is 22.6. The minimum Gasteiger partial charge on any atom is -0.506 e. The lowest BCUT2D eigenvalue weighted by Gasteiger charge is -2.42. The van der Waals surface area contributed by atoms with Gasteiger partial charge in [-0.25, -0.2) is 0 Å². The predicted molar refractivity (Wildman–Crippen MR) is 143 cm³/mol. The fraction of sp³-hybridized carbons (Fsp3) is 0.464. The Morgan fingerprint density at radius 1 is 0.791 bits per heavy atom. The summed E-state index contributed by atoms with van der Waals surface area (Å²) in [4.78, 5) is 13.3. The molecule has 2 fully saturated rings. The van der Waals surface area contributed by atoms with Gasteiger partial charge < -0.3 is 69.3 Å². The summed E-state index contributed by atoms with van der Waals surface area (Å²) in [7, 11) is 1.48. The smallest absolute Gasteiger partial charge is 0.229 e. The summed E-state index contributed by atoms with van der Waals surface area (Å²) in [5.74, 6) is -0.631. The molecular formula is C28H32O15. The van der Waals surface area contributed by atoms with E-state index in [0.717, 1.165) is 12.1 Å². The number of phenolic OH excluding ortho intramolecular Hbond substituents is 1. The minimum absolute atomic E-state index is 0.0823. The van der Waals surface area contributed by atoms with Gasteiger partial charge in [-0.15, -0.1) is 0 Å². The van der Waals surface area contributed by atoms with E-state index in [1.165, 1.54) is 7.11 Å². The second kappa shape index (κ2) is 12.3. The first kappa shape index (κ1) is 31.1. The molecule has 0 spiro atoms. The molecule has 0 radical (unpaired) electrons. The molecule has 0 bridgehead atoms. The van der Waals surface area contributed by atoms with Crippen LogP contribution in [0, 0.1) is 0 Å². The summed E-state index contributed by atoms with van der Waals surface area (Å²) in [5.41, 5.74) is -0.946. The van der Waals surface area contributed by atoms with Crippen LogP contribution in [0.2, 0.25) is 0 Å². The Hall–Kier alpha value is -3.35. The van der Waals surface area contributed by atoms with Gasteiger partial charge in [-0.3, -0.25) is 4.79 Å². The monoisotopic (exact) mass is 608 g/mol. The van der Waals surface area contributed by atoms with E-state index in [4.69, 9.17) is 23.4 Å². The molecule has 234 valence electrons. The number of hydrogen-bond acceptors (Lipinski definition) is 15. The van der Waals surface area contributed by atoms with E-state index in [-0.39, 0.29) is 16.7 Å². The van der Waals surface area contributed by atoms with Gasteiger partial charge in [0, 0.05) is 17.7 Å². The third kappa shape index (κ3) is 5.56. The van der Waals surface area contributed by atoms with Crippen LogP contribution in [0.15, 0.2) is 45.6 Å². The van der Waals surface area contributed by atoms with Crippen LogP contribution >= 0.6 is 0 Å². The Morgan fingerprint density at radius 3 is 2.00 bits per heavy atom. The number of hydrogen-bond donors (Lipinski definition) is 9. The standard InChI is InChI=1S/C28H32O15/c1-39-11-4-2-10(3-5-11)13-6-12(31)18-14(40-13)7-15(42-28-26(38)24(36)21(33)17(9-30)43-28)19(22(18)34)27-25(37)23(35)20(32)16(8-29)41-27/h2-7,16-17,20-21,23-30,32-38H,8-9H2,1H3/t16-,17-,20-,21-,23+,24+,25-,26-,27+,28-/m1/s1. The zero-order valence-electron chi connectivity index (χ0n) is 22.6. The van der Waals surface area contributed by atoms with Crippen molar-refractivity contribution in [2.24, 2.45) is 0 Å². The number of aromatic hydroxyl groups is 1. The van der Waals surface area contributed by atoms with Crippen molar-refractivity contribution in [3.05, 3.63) is 52.2 Å². The minimum atomic E-state index is -1.93. The van der Waals surface area contributed by atoms with Crippen LogP contribution in [0.4, 0.5) is 0 Å². The van der Waals surface area contributed by atoms with Crippen LogP contribution in [0.5, 0.6) is 17.2 Å². The van der Waals surface area contributed by atoms with Gasteiger partial charge in [0.1, 0.15) is 88.9 Å².